The van der Waals surface area contributed by atoms with Crippen molar-refractivity contribution in [3.8, 4) is 0 Å². The second-order valence-corrected chi connectivity index (χ2v) is 4.83. The van der Waals surface area contributed by atoms with Gasteiger partial charge in [-0.2, -0.15) is 0 Å². The molecule has 0 aliphatic heterocycles. The quantitative estimate of drug-likeness (QED) is 0.785. The Morgan fingerprint density at radius 3 is 2.81 bits per heavy atom. The van der Waals surface area contributed by atoms with Gasteiger partial charge in [-0.3, -0.25) is 0 Å². The topological polar surface area (TPSA) is 12.0 Å². The number of benzene rings is 1. The Morgan fingerprint density at radius 1 is 1.44 bits per heavy atom. The van der Waals surface area contributed by atoms with Gasteiger partial charge in [0.25, 0.3) is 0 Å². The Hall–Kier alpha value is -0.410. The molecular formula is C13H19BrFN. The van der Waals surface area contributed by atoms with Crippen molar-refractivity contribution in [2.24, 2.45) is 0 Å². The number of hydrogen-bond donors (Lipinski definition) is 1. The highest BCUT2D eigenvalue weighted by Crippen LogP contribution is 2.11. The van der Waals surface area contributed by atoms with Gasteiger partial charge >= 0.3 is 0 Å². The maximum atomic E-state index is 13.1. The Morgan fingerprint density at radius 2 is 2.19 bits per heavy atom. The molecule has 0 saturated heterocycles. The Bertz CT molecular complexity index is 328. The molecular weight excluding hydrogens is 269 g/mol. The van der Waals surface area contributed by atoms with E-state index in [0.29, 0.717) is 6.04 Å². The zero-order chi connectivity index (χ0) is 12.0. The van der Waals surface area contributed by atoms with E-state index in [1.54, 1.807) is 6.07 Å². The van der Waals surface area contributed by atoms with E-state index in [0.717, 1.165) is 35.8 Å². The Labute approximate surface area is 106 Å². The van der Waals surface area contributed by atoms with Crippen LogP contribution in [0.1, 0.15) is 30.9 Å². The lowest BCUT2D eigenvalue weighted by Crippen LogP contribution is -2.28. The molecule has 1 aromatic rings. The normalized spacial score (nSPS) is 12.8. The zero-order valence-electron chi connectivity index (χ0n) is 9.89. The van der Waals surface area contributed by atoms with E-state index in [-0.39, 0.29) is 5.82 Å². The van der Waals surface area contributed by atoms with E-state index in [9.17, 15) is 4.39 Å². The van der Waals surface area contributed by atoms with Crippen molar-refractivity contribution in [1.29, 1.82) is 0 Å². The monoisotopic (exact) mass is 287 g/mol. The lowest BCUT2D eigenvalue weighted by Gasteiger charge is -2.16. The van der Waals surface area contributed by atoms with Crippen LogP contribution in [0.5, 0.6) is 0 Å². The van der Waals surface area contributed by atoms with Crippen molar-refractivity contribution in [1.82, 2.24) is 5.32 Å². The first-order valence-electron chi connectivity index (χ1n) is 5.71. The summed E-state index contributed by atoms with van der Waals surface area (Å²) in [6.07, 6.45) is 2.20. The van der Waals surface area contributed by atoms with E-state index in [2.05, 4.69) is 28.2 Å². The third-order valence-corrected chi connectivity index (χ3v) is 3.30. The lowest BCUT2D eigenvalue weighted by molar-refractivity contribution is 0.486. The summed E-state index contributed by atoms with van der Waals surface area (Å²) in [6, 6.07) is 5.46. The summed E-state index contributed by atoms with van der Waals surface area (Å²) in [5.74, 6) is -0.157. The summed E-state index contributed by atoms with van der Waals surface area (Å²) in [4.78, 5) is 0. The van der Waals surface area contributed by atoms with E-state index in [1.165, 1.54) is 6.07 Å². The summed E-state index contributed by atoms with van der Waals surface area (Å²) < 4.78 is 13.1. The van der Waals surface area contributed by atoms with Crippen molar-refractivity contribution in [3.05, 3.63) is 35.1 Å². The van der Waals surface area contributed by atoms with Crippen LogP contribution in [0, 0.1) is 12.7 Å². The zero-order valence-corrected chi connectivity index (χ0v) is 11.5. The van der Waals surface area contributed by atoms with Crippen LogP contribution in [0.15, 0.2) is 18.2 Å². The molecule has 0 aliphatic rings. The number of alkyl halides is 1. The smallest absolute Gasteiger partial charge is 0.123 e. The van der Waals surface area contributed by atoms with Crippen molar-refractivity contribution >= 4 is 15.9 Å². The van der Waals surface area contributed by atoms with Gasteiger partial charge < -0.3 is 5.32 Å². The summed E-state index contributed by atoms with van der Waals surface area (Å²) in [7, 11) is 0. The first kappa shape index (κ1) is 13.7. The van der Waals surface area contributed by atoms with Crippen molar-refractivity contribution in [2.45, 2.75) is 39.3 Å². The van der Waals surface area contributed by atoms with Gasteiger partial charge in [-0.05, 0) is 43.0 Å². The molecule has 0 bridgehead atoms. The standard InChI is InChI=1S/C13H19BrFN/c1-3-13(6-7-14)16-9-11-8-12(15)5-4-10(11)2/h4-5,8,13,16H,3,6-7,9H2,1-2H3. The van der Waals surface area contributed by atoms with Gasteiger partial charge in [0.2, 0.25) is 0 Å². The van der Waals surface area contributed by atoms with E-state index in [1.807, 2.05) is 13.0 Å². The van der Waals surface area contributed by atoms with Gasteiger partial charge in [0, 0.05) is 17.9 Å². The largest absolute Gasteiger partial charge is 0.310 e. The van der Waals surface area contributed by atoms with Gasteiger partial charge in [-0.15, -0.1) is 0 Å². The fraction of sp³-hybridized carbons (Fsp3) is 0.538. The number of halogens is 2. The van der Waals surface area contributed by atoms with Crippen LogP contribution >= 0.6 is 15.9 Å². The average molecular weight is 288 g/mol. The van der Waals surface area contributed by atoms with E-state index >= 15 is 0 Å². The van der Waals surface area contributed by atoms with Gasteiger partial charge in [-0.1, -0.05) is 28.9 Å². The molecule has 1 rings (SSSR count). The second kappa shape index (κ2) is 7.02. The van der Waals surface area contributed by atoms with Crippen LogP contribution < -0.4 is 5.32 Å². The minimum Gasteiger partial charge on any atom is -0.310 e. The Kier molecular flexibility index (Phi) is 5.99. The lowest BCUT2D eigenvalue weighted by atomic mass is 10.1. The molecule has 0 radical (unpaired) electrons. The minimum absolute atomic E-state index is 0.157. The molecule has 16 heavy (non-hydrogen) atoms. The van der Waals surface area contributed by atoms with Crippen LogP contribution in [-0.2, 0) is 6.54 Å². The summed E-state index contributed by atoms with van der Waals surface area (Å²) in [6.45, 7) is 4.93. The van der Waals surface area contributed by atoms with Gasteiger partial charge in [-0.25, -0.2) is 4.39 Å². The molecule has 1 unspecified atom stereocenters. The summed E-state index contributed by atoms with van der Waals surface area (Å²) in [5, 5.41) is 4.46. The molecule has 1 nitrogen and oxygen atoms in total. The molecule has 0 amide bonds. The molecule has 90 valence electrons. The molecule has 0 fully saturated rings. The highest BCUT2D eigenvalue weighted by Gasteiger charge is 2.06. The third kappa shape index (κ3) is 4.22. The molecule has 1 aromatic carbocycles. The maximum absolute atomic E-state index is 13.1. The summed E-state index contributed by atoms with van der Waals surface area (Å²) >= 11 is 3.44. The summed E-state index contributed by atoms with van der Waals surface area (Å²) in [5.41, 5.74) is 2.19. The van der Waals surface area contributed by atoms with Crippen LogP contribution in [-0.4, -0.2) is 11.4 Å². The van der Waals surface area contributed by atoms with Crippen LogP contribution in [0.4, 0.5) is 4.39 Å². The molecule has 3 heteroatoms. The van der Waals surface area contributed by atoms with E-state index in [4.69, 9.17) is 0 Å². The highest BCUT2D eigenvalue weighted by atomic mass is 79.9. The first-order valence-corrected chi connectivity index (χ1v) is 6.84. The number of hydrogen-bond acceptors (Lipinski definition) is 1. The maximum Gasteiger partial charge on any atom is 0.123 e. The fourth-order valence-electron chi connectivity index (χ4n) is 1.67. The van der Waals surface area contributed by atoms with Crippen LogP contribution in [0.25, 0.3) is 0 Å². The van der Waals surface area contributed by atoms with Gasteiger partial charge in [0.1, 0.15) is 5.82 Å². The molecule has 0 aliphatic carbocycles. The van der Waals surface area contributed by atoms with Crippen molar-refractivity contribution in [3.63, 3.8) is 0 Å². The van der Waals surface area contributed by atoms with Crippen molar-refractivity contribution < 1.29 is 4.39 Å². The number of nitrogens with one attached hydrogen (secondary N) is 1. The second-order valence-electron chi connectivity index (χ2n) is 4.03. The van der Waals surface area contributed by atoms with Gasteiger partial charge in [0.15, 0.2) is 0 Å². The molecule has 1 N–H and O–H groups in total. The SMILES string of the molecule is CCC(CCBr)NCc1cc(F)ccc1C. The molecule has 0 spiro atoms. The van der Waals surface area contributed by atoms with Crippen LogP contribution in [0.2, 0.25) is 0 Å². The highest BCUT2D eigenvalue weighted by molar-refractivity contribution is 9.09. The molecule has 0 aromatic heterocycles. The third-order valence-electron chi connectivity index (χ3n) is 2.84. The van der Waals surface area contributed by atoms with E-state index < -0.39 is 0 Å². The fourth-order valence-corrected chi connectivity index (χ4v) is 2.22. The first-order chi connectivity index (χ1) is 7.67. The molecule has 1 atom stereocenters. The van der Waals surface area contributed by atoms with Crippen molar-refractivity contribution in [2.75, 3.05) is 5.33 Å². The Balaban J connectivity index is 2.55. The average Bonchev–Trinajstić information content (AvgIpc) is 2.28. The van der Waals surface area contributed by atoms with Crippen LogP contribution in [0.3, 0.4) is 0 Å². The van der Waals surface area contributed by atoms with Gasteiger partial charge in [0.05, 0.1) is 0 Å². The molecule has 0 heterocycles. The predicted octanol–water partition coefficient (Wildman–Crippen LogP) is 3.79. The molecule has 0 saturated carbocycles. The number of rotatable bonds is 6. The predicted molar refractivity (Wildman–Crippen MR) is 70.5 cm³/mol. The minimum atomic E-state index is -0.157. The number of aryl methyl sites for hydroxylation is 1.